The molecule has 3 N–H and O–H groups in total. The number of alkyl halides is 3. The first-order valence-corrected chi connectivity index (χ1v) is 5.41. The summed E-state index contributed by atoms with van der Waals surface area (Å²) in [5, 5.41) is 9.09. The summed E-state index contributed by atoms with van der Waals surface area (Å²) in [7, 11) is 0. The van der Waals surface area contributed by atoms with Crippen LogP contribution in [-0.4, -0.2) is 29.4 Å². The third-order valence-electron chi connectivity index (χ3n) is 2.34. The molecule has 0 fully saturated rings. The summed E-state index contributed by atoms with van der Waals surface area (Å²) in [5.41, 5.74) is 4.69. The van der Waals surface area contributed by atoms with Gasteiger partial charge in [-0.05, 0) is 24.6 Å². The standard InChI is InChI=1S/C12H14F3NO3/c1-11(16,10(18)19-7-12(13,14)15)6-8-2-4-9(17)5-3-8/h2-5,17H,6-7,16H2,1H3. The second-order valence-corrected chi connectivity index (χ2v) is 4.45. The lowest BCUT2D eigenvalue weighted by Gasteiger charge is -2.23. The number of phenolic OH excluding ortho intramolecular Hbond substituents is 1. The Balaban J connectivity index is 2.64. The molecule has 1 aromatic rings. The summed E-state index contributed by atoms with van der Waals surface area (Å²) in [6.45, 7) is -0.368. The van der Waals surface area contributed by atoms with Crippen molar-refractivity contribution in [3.63, 3.8) is 0 Å². The summed E-state index contributed by atoms with van der Waals surface area (Å²) in [4.78, 5) is 11.5. The summed E-state index contributed by atoms with van der Waals surface area (Å²) < 4.78 is 39.9. The van der Waals surface area contributed by atoms with Gasteiger partial charge in [-0.2, -0.15) is 13.2 Å². The van der Waals surface area contributed by atoms with Crippen LogP contribution in [0.1, 0.15) is 12.5 Å². The zero-order valence-electron chi connectivity index (χ0n) is 10.2. The van der Waals surface area contributed by atoms with Gasteiger partial charge in [0.05, 0.1) is 0 Å². The Morgan fingerprint density at radius 3 is 2.32 bits per heavy atom. The molecule has 106 valence electrons. The Hall–Kier alpha value is -1.76. The van der Waals surface area contributed by atoms with E-state index in [0.29, 0.717) is 5.56 Å². The Morgan fingerprint density at radius 1 is 1.32 bits per heavy atom. The van der Waals surface area contributed by atoms with Crippen LogP contribution >= 0.6 is 0 Å². The molecule has 0 radical (unpaired) electrons. The van der Waals surface area contributed by atoms with E-state index in [9.17, 15) is 18.0 Å². The second-order valence-electron chi connectivity index (χ2n) is 4.45. The fraction of sp³-hybridized carbons (Fsp3) is 0.417. The van der Waals surface area contributed by atoms with E-state index < -0.39 is 24.3 Å². The van der Waals surface area contributed by atoms with Gasteiger partial charge >= 0.3 is 12.1 Å². The van der Waals surface area contributed by atoms with Crippen LogP contribution in [0.4, 0.5) is 13.2 Å². The predicted octanol–water partition coefficient (Wildman–Crippen LogP) is 1.76. The number of carbonyl (C=O) groups excluding carboxylic acids is 1. The third kappa shape index (κ3) is 5.17. The van der Waals surface area contributed by atoms with Gasteiger partial charge in [0.15, 0.2) is 6.61 Å². The van der Waals surface area contributed by atoms with Gasteiger partial charge in [0.25, 0.3) is 0 Å². The molecular weight excluding hydrogens is 263 g/mol. The van der Waals surface area contributed by atoms with Crippen molar-refractivity contribution in [1.82, 2.24) is 0 Å². The monoisotopic (exact) mass is 277 g/mol. The van der Waals surface area contributed by atoms with Crippen molar-refractivity contribution in [1.29, 1.82) is 0 Å². The molecule has 0 aliphatic heterocycles. The van der Waals surface area contributed by atoms with Crippen LogP contribution < -0.4 is 5.73 Å². The number of phenols is 1. The van der Waals surface area contributed by atoms with E-state index >= 15 is 0 Å². The molecule has 0 amide bonds. The minimum atomic E-state index is -4.58. The van der Waals surface area contributed by atoms with E-state index in [4.69, 9.17) is 10.8 Å². The summed E-state index contributed by atoms with van der Waals surface area (Å²) >= 11 is 0. The molecule has 0 spiro atoms. The molecule has 1 atom stereocenters. The van der Waals surface area contributed by atoms with Crippen LogP contribution in [0.2, 0.25) is 0 Å². The van der Waals surface area contributed by atoms with Crippen molar-refractivity contribution in [2.75, 3.05) is 6.61 Å². The zero-order valence-corrected chi connectivity index (χ0v) is 10.2. The van der Waals surface area contributed by atoms with E-state index in [0.717, 1.165) is 0 Å². The van der Waals surface area contributed by atoms with Gasteiger partial charge in [-0.3, -0.25) is 4.79 Å². The number of benzene rings is 1. The lowest BCUT2D eigenvalue weighted by atomic mass is 9.94. The molecular formula is C12H14F3NO3. The number of esters is 1. The highest BCUT2D eigenvalue weighted by atomic mass is 19.4. The van der Waals surface area contributed by atoms with Gasteiger partial charge in [-0.1, -0.05) is 12.1 Å². The molecule has 7 heteroatoms. The molecule has 0 aliphatic carbocycles. The number of hydrogen-bond acceptors (Lipinski definition) is 4. The number of hydrogen-bond donors (Lipinski definition) is 2. The SMILES string of the molecule is CC(N)(Cc1ccc(O)cc1)C(=O)OCC(F)(F)F. The molecule has 0 heterocycles. The van der Waals surface area contributed by atoms with Crippen molar-refractivity contribution in [3.8, 4) is 5.75 Å². The maximum Gasteiger partial charge on any atom is 0.422 e. The molecule has 1 unspecified atom stereocenters. The number of rotatable bonds is 4. The van der Waals surface area contributed by atoms with Crippen LogP contribution in [0.15, 0.2) is 24.3 Å². The van der Waals surface area contributed by atoms with Gasteiger partial charge in [-0.25, -0.2) is 0 Å². The number of carbonyl (C=O) groups is 1. The fourth-order valence-corrected chi connectivity index (χ4v) is 1.42. The molecule has 4 nitrogen and oxygen atoms in total. The predicted molar refractivity (Wildman–Crippen MR) is 61.4 cm³/mol. The zero-order chi connectivity index (χ0) is 14.7. The first-order valence-electron chi connectivity index (χ1n) is 5.41. The minimum Gasteiger partial charge on any atom is -0.508 e. The molecule has 1 rings (SSSR count). The molecule has 0 saturated heterocycles. The number of nitrogens with two attached hydrogens (primary N) is 1. The highest BCUT2D eigenvalue weighted by molar-refractivity contribution is 5.80. The van der Waals surface area contributed by atoms with Gasteiger partial charge in [0, 0.05) is 6.42 Å². The Bertz CT molecular complexity index is 441. The van der Waals surface area contributed by atoms with Crippen LogP contribution in [0.3, 0.4) is 0 Å². The van der Waals surface area contributed by atoms with E-state index in [1.165, 1.54) is 31.2 Å². The Morgan fingerprint density at radius 2 is 1.84 bits per heavy atom. The topological polar surface area (TPSA) is 72.5 Å². The molecule has 0 aliphatic rings. The first kappa shape index (κ1) is 15.3. The van der Waals surface area contributed by atoms with Crippen molar-refractivity contribution < 1.29 is 27.8 Å². The Labute approximate surface area is 108 Å². The van der Waals surface area contributed by atoms with Crippen LogP contribution in [-0.2, 0) is 16.0 Å². The summed E-state index contributed by atoms with van der Waals surface area (Å²) in [6, 6.07) is 5.84. The average molecular weight is 277 g/mol. The second kappa shape index (κ2) is 5.48. The number of aromatic hydroxyl groups is 1. The maximum absolute atomic E-state index is 11.9. The largest absolute Gasteiger partial charge is 0.508 e. The van der Waals surface area contributed by atoms with Crippen LogP contribution in [0, 0.1) is 0 Å². The number of ether oxygens (including phenoxy) is 1. The van der Waals surface area contributed by atoms with E-state index in [1.807, 2.05) is 0 Å². The molecule has 0 aromatic heterocycles. The van der Waals surface area contributed by atoms with Crippen LogP contribution in [0.25, 0.3) is 0 Å². The molecule has 0 saturated carbocycles. The quantitative estimate of drug-likeness (QED) is 0.822. The normalized spacial score (nSPS) is 14.8. The molecule has 0 bridgehead atoms. The van der Waals surface area contributed by atoms with E-state index in [2.05, 4.69) is 4.74 Å². The third-order valence-corrected chi connectivity index (χ3v) is 2.34. The first-order chi connectivity index (χ1) is 8.60. The summed E-state index contributed by atoms with van der Waals surface area (Å²) in [5.74, 6) is -1.08. The Kier molecular flexibility index (Phi) is 4.41. The van der Waals surface area contributed by atoms with Gasteiger partial charge < -0.3 is 15.6 Å². The number of halogens is 3. The summed E-state index contributed by atoms with van der Waals surface area (Å²) in [6.07, 6.45) is -4.58. The van der Waals surface area contributed by atoms with Crippen molar-refractivity contribution in [2.45, 2.75) is 25.1 Å². The highest BCUT2D eigenvalue weighted by Crippen LogP contribution is 2.19. The van der Waals surface area contributed by atoms with Gasteiger partial charge in [0.1, 0.15) is 11.3 Å². The van der Waals surface area contributed by atoms with Crippen molar-refractivity contribution >= 4 is 5.97 Å². The maximum atomic E-state index is 11.9. The fourth-order valence-electron chi connectivity index (χ4n) is 1.42. The lowest BCUT2D eigenvalue weighted by Crippen LogP contribution is -2.48. The molecule has 1 aromatic carbocycles. The van der Waals surface area contributed by atoms with Crippen LogP contribution in [0.5, 0.6) is 5.75 Å². The van der Waals surface area contributed by atoms with Crippen molar-refractivity contribution in [3.05, 3.63) is 29.8 Å². The van der Waals surface area contributed by atoms with E-state index in [-0.39, 0.29) is 12.2 Å². The van der Waals surface area contributed by atoms with E-state index in [1.54, 1.807) is 0 Å². The lowest BCUT2D eigenvalue weighted by molar-refractivity contribution is -0.189. The van der Waals surface area contributed by atoms with Gasteiger partial charge in [0.2, 0.25) is 0 Å². The van der Waals surface area contributed by atoms with Gasteiger partial charge in [-0.15, -0.1) is 0 Å². The smallest absolute Gasteiger partial charge is 0.422 e. The minimum absolute atomic E-state index is 0.00394. The molecule has 19 heavy (non-hydrogen) atoms. The highest BCUT2D eigenvalue weighted by Gasteiger charge is 2.35. The average Bonchev–Trinajstić information content (AvgIpc) is 2.27. The van der Waals surface area contributed by atoms with Crippen molar-refractivity contribution in [2.24, 2.45) is 5.73 Å².